The van der Waals surface area contributed by atoms with Gasteiger partial charge in [-0.3, -0.25) is 9.59 Å². The van der Waals surface area contributed by atoms with Crippen molar-refractivity contribution >= 4 is 23.2 Å². The molecule has 0 saturated heterocycles. The molecule has 1 aromatic heterocycles. The number of carbonyl (C=O) groups excluding carboxylic acids is 2. The van der Waals surface area contributed by atoms with Crippen LogP contribution in [0, 0.1) is 5.82 Å². The summed E-state index contributed by atoms with van der Waals surface area (Å²) in [5, 5.41) is 4.25. The summed E-state index contributed by atoms with van der Waals surface area (Å²) >= 11 is 1.29. The molecule has 0 fully saturated rings. The maximum absolute atomic E-state index is 12.7. The van der Waals surface area contributed by atoms with Crippen LogP contribution in [0.5, 0.6) is 0 Å². The van der Waals surface area contributed by atoms with E-state index in [0.717, 1.165) is 0 Å². The number of thiophene rings is 1. The number of amides is 1. The molecule has 0 aliphatic heterocycles. The number of halogens is 1. The molecule has 0 unspecified atom stereocenters. The van der Waals surface area contributed by atoms with Gasteiger partial charge in [0.25, 0.3) is 5.91 Å². The highest BCUT2D eigenvalue weighted by atomic mass is 32.1. The zero-order valence-corrected chi connectivity index (χ0v) is 11.3. The number of hydrogen-bond donors (Lipinski definition) is 1. The zero-order valence-electron chi connectivity index (χ0n) is 10.5. The first-order valence-corrected chi connectivity index (χ1v) is 6.75. The van der Waals surface area contributed by atoms with Crippen LogP contribution < -0.4 is 5.32 Å². The monoisotopic (exact) mass is 293 g/mol. The molecule has 104 valence electrons. The summed E-state index contributed by atoms with van der Waals surface area (Å²) in [5.74, 6) is -1.19. The van der Waals surface area contributed by atoms with Crippen LogP contribution in [-0.4, -0.2) is 18.4 Å². The van der Waals surface area contributed by atoms with E-state index in [4.69, 9.17) is 4.74 Å². The van der Waals surface area contributed by atoms with E-state index >= 15 is 0 Å². The molecular formula is C14H12FNO3S. The second-order valence-corrected chi connectivity index (χ2v) is 4.89. The molecule has 0 saturated carbocycles. The lowest BCUT2D eigenvalue weighted by atomic mass is 10.2. The van der Waals surface area contributed by atoms with E-state index in [1.54, 1.807) is 17.5 Å². The van der Waals surface area contributed by atoms with E-state index < -0.39 is 5.97 Å². The minimum Gasteiger partial charge on any atom is -0.460 e. The van der Waals surface area contributed by atoms with Crippen molar-refractivity contribution in [2.45, 2.75) is 6.61 Å². The van der Waals surface area contributed by atoms with Crippen molar-refractivity contribution in [2.24, 2.45) is 0 Å². The van der Waals surface area contributed by atoms with Gasteiger partial charge in [0, 0.05) is 0 Å². The van der Waals surface area contributed by atoms with Gasteiger partial charge >= 0.3 is 5.97 Å². The first-order valence-electron chi connectivity index (χ1n) is 5.87. The highest BCUT2D eigenvalue weighted by Gasteiger charge is 2.09. The number of hydrogen-bond acceptors (Lipinski definition) is 4. The molecule has 0 spiro atoms. The molecule has 0 bridgehead atoms. The lowest BCUT2D eigenvalue weighted by Crippen LogP contribution is -2.30. The van der Waals surface area contributed by atoms with Gasteiger partial charge in [0.05, 0.1) is 4.88 Å². The molecule has 20 heavy (non-hydrogen) atoms. The van der Waals surface area contributed by atoms with Crippen molar-refractivity contribution in [3.05, 3.63) is 58.0 Å². The largest absolute Gasteiger partial charge is 0.460 e. The summed E-state index contributed by atoms with van der Waals surface area (Å²) < 4.78 is 17.6. The van der Waals surface area contributed by atoms with Crippen LogP contribution >= 0.6 is 11.3 Å². The van der Waals surface area contributed by atoms with Gasteiger partial charge in [-0.05, 0) is 29.1 Å². The van der Waals surface area contributed by atoms with Crippen LogP contribution in [0.15, 0.2) is 41.8 Å². The van der Waals surface area contributed by atoms with Crippen molar-refractivity contribution in [1.82, 2.24) is 5.32 Å². The summed E-state index contributed by atoms with van der Waals surface area (Å²) in [4.78, 5) is 23.6. The third kappa shape index (κ3) is 4.17. The predicted octanol–water partition coefficient (Wildman–Crippen LogP) is 2.36. The molecule has 2 aromatic rings. The topological polar surface area (TPSA) is 55.4 Å². The Bertz CT molecular complexity index is 581. The SMILES string of the molecule is O=C(CNC(=O)c1cccs1)OCc1ccc(F)cc1. The Balaban J connectivity index is 1.73. The molecule has 1 N–H and O–H groups in total. The molecule has 0 aliphatic rings. The van der Waals surface area contributed by atoms with E-state index in [1.807, 2.05) is 0 Å². The summed E-state index contributed by atoms with van der Waals surface area (Å²) in [6, 6.07) is 9.08. The first kappa shape index (κ1) is 14.2. The number of rotatable bonds is 5. The van der Waals surface area contributed by atoms with Gasteiger partial charge in [0.1, 0.15) is 19.0 Å². The molecule has 1 amide bonds. The number of nitrogens with one attached hydrogen (secondary N) is 1. The molecule has 1 aromatic carbocycles. The van der Waals surface area contributed by atoms with Gasteiger partial charge in [-0.25, -0.2) is 4.39 Å². The predicted molar refractivity (Wildman–Crippen MR) is 72.8 cm³/mol. The van der Waals surface area contributed by atoms with Gasteiger partial charge < -0.3 is 10.1 Å². The van der Waals surface area contributed by atoms with Crippen molar-refractivity contribution < 1.29 is 18.7 Å². The van der Waals surface area contributed by atoms with Gasteiger partial charge in [-0.2, -0.15) is 0 Å². The van der Waals surface area contributed by atoms with E-state index in [9.17, 15) is 14.0 Å². The summed E-state index contributed by atoms with van der Waals surface area (Å²) in [7, 11) is 0. The minimum atomic E-state index is -0.542. The van der Waals surface area contributed by atoms with Crippen molar-refractivity contribution in [3.63, 3.8) is 0 Å². The van der Waals surface area contributed by atoms with Crippen molar-refractivity contribution in [3.8, 4) is 0 Å². The second-order valence-electron chi connectivity index (χ2n) is 3.95. The molecule has 2 rings (SSSR count). The van der Waals surface area contributed by atoms with Gasteiger partial charge in [-0.1, -0.05) is 18.2 Å². The fourth-order valence-electron chi connectivity index (χ4n) is 1.44. The summed E-state index contributed by atoms with van der Waals surface area (Å²) in [6.07, 6.45) is 0. The van der Waals surface area contributed by atoms with E-state index in [0.29, 0.717) is 10.4 Å². The Hall–Kier alpha value is -2.21. The van der Waals surface area contributed by atoms with E-state index in [-0.39, 0.29) is 24.9 Å². The minimum absolute atomic E-state index is 0.0496. The molecule has 0 atom stereocenters. The highest BCUT2D eigenvalue weighted by Crippen LogP contribution is 2.07. The average molecular weight is 293 g/mol. The zero-order chi connectivity index (χ0) is 14.4. The number of carbonyl (C=O) groups is 2. The molecule has 6 heteroatoms. The molecule has 0 aliphatic carbocycles. The number of ether oxygens (including phenoxy) is 1. The van der Waals surface area contributed by atoms with E-state index in [1.165, 1.54) is 35.6 Å². The smallest absolute Gasteiger partial charge is 0.325 e. The van der Waals surface area contributed by atoms with Gasteiger partial charge in [0.15, 0.2) is 0 Å². The normalized spacial score (nSPS) is 10.1. The molecule has 0 radical (unpaired) electrons. The Kier molecular flexibility index (Phi) is 4.84. The van der Waals surface area contributed by atoms with Gasteiger partial charge in [-0.15, -0.1) is 11.3 Å². The lowest BCUT2D eigenvalue weighted by molar-refractivity contribution is -0.143. The van der Waals surface area contributed by atoms with E-state index in [2.05, 4.69) is 5.32 Å². The Morgan fingerprint density at radius 3 is 2.60 bits per heavy atom. The third-order valence-corrected chi connectivity index (χ3v) is 3.32. The number of benzene rings is 1. The van der Waals surface area contributed by atoms with Gasteiger partial charge in [0.2, 0.25) is 0 Å². The lowest BCUT2D eigenvalue weighted by Gasteiger charge is -2.06. The van der Waals surface area contributed by atoms with Crippen LogP contribution in [0.4, 0.5) is 4.39 Å². The van der Waals surface area contributed by atoms with Crippen LogP contribution in [-0.2, 0) is 16.1 Å². The maximum atomic E-state index is 12.7. The fraction of sp³-hybridized carbons (Fsp3) is 0.143. The Morgan fingerprint density at radius 1 is 1.20 bits per heavy atom. The summed E-state index contributed by atoms with van der Waals surface area (Å²) in [5.41, 5.74) is 0.685. The van der Waals surface area contributed by atoms with Crippen molar-refractivity contribution in [1.29, 1.82) is 0 Å². The second kappa shape index (κ2) is 6.81. The quantitative estimate of drug-likeness (QED) is 0.861. The molecule has 1 heterocycles. The van der Waals surface area contributed by atoms with Crippen LogP contribution in [0.3, 0.4) is 0 Å². The van der Waals surface area contributed by atoms with Crippen LogP contribution in [0.2, 0.25) is 0 Å². The van der Waals surface area contributed by atoms with Crippen molar-refractivity contribution in [2.75, 3.05) is 6.54 Å². The Morgan fingerprint density at radius 2 is 1.95 bits per heavy atom. The van der Waals surface area contributed by atoms with Crippen LogP contribution in [0.1, 0.15) is 15.2 Å². The Labute approximate surface area is 119 Å². The molecule has 4 nitrogen and oxygen atoms in total. The molecular weight excluding hydrogens is 281 g/mol. The average Bonchev–Trinajstić information content (AvgIpc) is 2.98. The standard InChI is InChI=1S/C14H12FNO3S/c15-11-5-3-10(4-6-11)9-19-13(17)8-16-14(18)12-2-1-7-20-12/h1-7H,8-9H2,(H,16,18). The highest BCUT2D eigenvalue weighted by molar-refractivity contribution is 7.12. The first-order chi connectivity index (χ1) is 9.65. The number of esters is 1. The summed E-state index contributed by atoms with van der Waals surface area (Å²) in [6.45, 7) is -0.147. The maximum Gasteiger partial charge on any atom is 0.325 e. The fourth-order valence-corrected chi connectivity index (χ4v) is 2.08. The third-order valence-electron chi connectivity index (χ3n) is 2.45. The van der Waals surface area contributed by atoms with Crippen LogP contribution in [0.25, 0.3) is 0 Å².